The number of benzene rings is 2. The van der Waals surface area contributed by atoms with Gasteiger partial charge in [0.2, 0.25) is 0 Å². The molecule has 0 radical (unpaired) electrons. The van der Waals surface area contributed by atoms with Crippen LogP contribution in [0.15, 0.2) is 48.5 Å². The second kappa shape index (κ2) is 11.0. The number of hydrogen-bond acceptors (Lipinski definition) is 5. The van der Waals surface area contributed by atoms with Gasteiger partial charge in [0.1, 0.15) is 6.61 Å². The molecule has 5 nitrogen and oxygen atoms in total. The summed E-state index contributed by atoms with van der Waals surface area (Å²) in [5.41, 5.74) is -2.55. The van der Waals surface area contributed by atoms with Crippen LogP contribution in [-0.2, 0) is 21.8 Å². The van der Waals surface area contributed by atoms with Crippen LogP contribution in [0, 0.1) is 5.41 Å². The zero-order valence-electron chi connectivity index (χ0n) is 16.8. The van der Waals surface area contributed by atoms with Crippen molar-refractivity contribution in [2.45, 2.75) is 29.5 Å². The molecule has 0 spiro atoms. The van der Waals surface area contributed by atoms with E-state index in [2.05, 4.69) is 15.9 Å². The standard InChI is InChI=1S/C21H15BrF7NO4/c22-15(10-33-18(31)11-1-5-13(6-2-11)20(24,25)26)17(16(23)9-30)34-19(32)12-3-7-14(8-4-12)21(27,28)29/h1-9,15-17,30H,10H2/t15-,16+,17+/m0/s1. The third kappa shape index (κ3) is 7.27. The van der Waals surface area contributed by atoms with Gasteiger partial charge in [-0.15, -0.1) is 0 Å². The molecule has 0 fully saturated rings. The smallest absolute Gasteiger partial charge is 0.416 e. The molecule has 0 aliphatic rings. The first-order valence-electron chi connectivity index (χ1n) is 9.25. The summed E-state index contributed by atoms with van der Waals surface area (Å²) in [4.78, 5) is 23.1. The van der Waals surface area contributed by atoms with Gasteiger partial charge < -0.3 is 14.9 Å². The highest BCUT2D eigenvalue weighted by Crippen LogP contribution is 2.30. The van der Waals surface area contributed by atoms with Gasteiger partial charge in [-0.05, 0) is 48.5 Å². The van der Waals surface area contributed by atoms with E-state index in [1.165, 1.54) is 0 Å². The van der Waals surface area contributed by atoms with Crippen molar-refractivity contribution in [2.75, 3.05) is 6.61 Å². The van der Waals surface area contributed by atoms with Crippen LogP contribution in [0.1, 0.15) is 31.8 Å². The first-order chi connectivity index (χ1) is 15.7. The Morgan fingerprint density at radius 3 is 1.65 bits per heavy atom. The molecule has 0 aromatic heterocycles. The fourth-order valence-electron chi connectivity index (χ4n) is 2.55. The molecule has 34 heavy (non-hydrogen) atoms. The Hall–Kier alpha value is -2.96. The molecule has 0 saturated heterocycles. The normalized spacial score (nSPS) is 14.6. The van der Waals surface area contributed by atoms with Crippen molar-refractivity contribution >= 4 is 34.1 Å². The van der Waals surface area contributed by atoms with E-state index in [-0.39, 0.29) is 11.1 Å². The Balaban J connectivity index is 2.04. The van der Waals surface area contributed by atoms with E-state index in [0.29, 0.717) is 30.5 Å². The molecule has 2 rings (SSSR count). The lowest BCUT2D eigenvalue weighted by atomic mass is 10.1. The van der Waals surface area contributed by atoms with Crippen molar-refractivity contribution in [3.8, 4) is 0 Å². The van der Waals surface area contributed by atoms with E-state index in [1.54, 1.807) is 0 Å². The predicted molar refractivity (Wildman–Crippen MR) is 109 cm³/mol. The highest BCUT2D eigenvalue weighted by atomic mass is 79.9. The van der Waals surface area contributed by atoms with E-state index >= 15 is 0 Å². The average molecular weight is 558 g/mol. The number of rotatable bonds is 8. The molecule has 3 atom stereocenters. The third-order valence-corrected chi connectivity index (χ3v) is 5.13. The van der Waals surface area contributed by atoms with Crippen molar-refractivity contribution in [1.82, 2.24) is 0 Å². The number of hydrogen-bond donors (Lipinski definition) is 1. The summed E-state index contributed by atoms with van der Waals surface area (Å²) >= 11 is 2.97. The van der Waals surface area contributed by atoms with Crippen molar-refractivity contribution in [2.24, 2.45) is 0 Å². The topological polar surface area (TPSA) is 76.4 Å². The van der Waals surface area contributed by atoms with Crippen LogP contribution in [0.5, 0.6) is 0 Å². The average Bonchev–Trinajstić information content (AvgIpc) is 2.79. The zero-order valence-corrected chi connectivity index (χ0v) is 18.4. The number of carbonyl (C=O) groups excluding carboxylic acids is 2. The van der Waals surface area contributed by atoms with Crippen LogP contribution >= 0.6 is 15.9 Å². The Morgan fingerprint density at radius 1 is 0.853 bits per heavy atom. The third-order valence-electron chi connectivity index (χ3n) is 4.34. The number of ether oxygens (including phenoxy) is 2. The fourth-order valence-corrected chi connectivity index (χ4v) is 3.08. The maximum atomic E-state index is 14.2. The first-order valence-corrected chi connectivity index (χ1v) is 10.2. The van der Waals surface area contributed by atoms with Crippen LogP contribution in [0.3, 0.4) is 0 Å². The van der Waals surface area contributed by atoms with E-state index in [4.69, 9.17) is 14.9 Å². The molecule has 13 heteroatoms. The molecule has 2 aromatic carbocycles. The summed E-state index contributed by atoms with van der Waals surface area (Å²) in [6.07, 6.45) is -12.8. The fraction of sp³-hybridized carbons (Fsp3) is 0.286. The summed E-state index contributed by atoms with van der Waals surface area (Å²) in [5.74, 6) is -2.24. The number of nitrogens with one attached hydrogen (secondary N) is 1. The number of esters is 2. The Morgan fingerprint density at radius 2 is 1.26 bits per heavy atom. The van der Waals surface area contributed by atoms with Gasteiger partial charge in [0.25, 0.3) is 0 Å². The van der Waals surface area contributed by atoms with Gasteiger partial charge in [0.05, 0.1) is 27.1 Å². The molecule has 0 aliphatic heterocycles. The van der Waals surface area contributed by atoms with E-state index < -0.39 is 59.1 Å². The highest BCUT2D eigenvalue weighted by molar-refractivity contribution is 9.09. The van der Waals surface area contributed by atoms with Gasteiger partial charge in [-0.3, -0.25) is 0 Å². The van der Waals surface area contributed by atoms with Crippen molar-refractivity contribution < 1.29 is 49.8 Å². The molecule has 1 N–H and O–H groups in total. The second-order valence-electron chi connectivity index (χ2n) is 6.75. The van der Waals surface area contributed by atoms with Gasteiger partial charge in [0, 0.05) is 6.21 Å². The summed E-state index contributed by atoms with van der Waals surface area (Å²) in [7, 11) is 0. The van der Waals surface area contributed by atoms with E-state index in [9.17, 15) is 40.3 Å². The first kappa shape index (κ1) is 27.3. The zero-order chi connectivity index (χ0) is 25.7. The van der Waals surface area contributed by atoms with Gasteiger partial charge in [-0.25, -0.2) is 14.0 Å². The lowest BCUT2D eigenvalue weighted by Gasteiger charge is -2.24. The van der Waals surface area contributed by atoms with Gasteiger partial charge >= 0.3 is 24.3 Å². The van der Waals surface area contributed by atoms with Gasteiger partial charge in [0.15, 0.2) is 12.3 Å². The molecule has 184 valence electrons. The molecule has 0 unspecified atom stereocenters. The Labute approximate surface area is 196 Å². The Kier molecular flexibility index (Phi) is 8.81. The second-order valence-corrected chi connectivity index (χ2v) is 7.92. The maximum absolute atomic E-state index is 14.2. The molecular formula is C21H15BrF7NO4. The largest absolute Gasteiger partial charge is 0.461 e. The van der Waals surface area contributed by atoms with Crippen LogP contribution in [0.2, 0.25) is 0 Å². The molecule has 0 aliphatic carbocycles. The summed E-state index contributed by atoms with van der Waals surface area (Å²) in [6, 6.07) is 6.02. The predicted octanol–water partition coefficient (Wildman–Crippen LogP) is 5.86. The van der Waals surface area contributed by atoms with Crippen LogP contribution in [0.4, 0.5) is 30.7 Å². The number of alkyl halides is 8. The number of halogens is 8. The quantitative estimate of drug-likeness (QED) is 0.191. The SMILES string of the molecule is N=C[C@@H](F)[C@H](OC(=O)c1ccc(C(F)(F)F)cc1)[C@@H](Br)COC(=O)c1ccc(C(F)(F)F)cc1. The monoisotopic (exact) mass is 557 g/mol. The molecule has 0 bridgehead atoms. The van der Waals surface area contributed by atoms with Gasteiger partial charge in [-0.2, -0.15) is 26.3 Å². The lowest BCUT2D eigenvalue weighted by Crippen LogP contribution is -2.39. The van der Waals surface area contributed by atoms with Crippen LogP contribution < -0.4 is 0 Å². The Bertz CT molecular complexity index is 1010. The molecular weight excluding hydrogens is 543 g/mol. The lowest BCUT2D eigenvalue weighted by molar-refractivity contribution is -0.138. The van der Waals surface area contributed by atoms with Gasteiger partial charge in [-0.1, -0.05) is 15.9 Å². The van der Waals surface area contributed by atoms with Crippen molar-refractivity contribution in [1.29, 1.82) is 5.41 Å². The molecule has 0 heterocycles. The summed E-state index contributed by atoms with van der Waals surface area (Å²) in [5, 5.41) is 7.06. The summed E-state index contributed by atoms with van der Waals surface area (Å²) in [6.45, 7) is -0.612. The number of carbonyl (C=O) groups is 2. The van der Waals surface area contributed by atoms with Crippen LogP contribution in [-0.4, -0.2) is 41.9 Å². The maximum Gasteiger partial charge on any atom is 0.416 e. The summed E-state index contributed by atoms with van der Waals surface area (Å²) < 4.78 is 99.8. The highest BCUT2D eigenvalue weighted by Gasteiger charge is 2.34. The minimum Gasteiger partial charge on any atom is -0.461 e. The van der Waals surface area contributed by atoms with Crippen LogP contribution in [0.25, 0.3) is 0 Å². The van der Waals surface area contributed by atoms with E-state index in [1.807, 2.05) is 0 Å². The molecule has 0 amide bonds. The minimum atomic E-state index is -4.63. The van der Waals surface area contributed by atoms with Crippen molar-refractivity contribution in [3.63, 3.8) is 0 Å². The minimum absolute atomic E-state index is 0.227. The van der Waals surface area contributed by atoms with E-state index in [0.717, 1.165) is 24.3 Å². The van der Waals surface area contributed by atoms with Crippen molar-refractivity contribution in [3.05, 3.63) is 70.8 Å². The molecule has 0 saturated carbocycles. The molecule has 2 aromatic rings.